The molecular formula is C33H40BrN3O4S. The molecule has 0 heterocycles. The summed E-state index contributed by atoms with van der Waals surface area (Å²) in [5.41, 5.74) is 3.42. The number of nitrogens with one attached hydrogen (secondary N) is 1. The van der Waals surface area contributed by atoms with Crippen molar-refractivity contribution < 1.29 is 18.0 Å². The monoisotopic (exact) mass is 653 g/mol. The minimum Gasteiger partial charge on any atom is -0.352 e. The summed E-state index contributed by atoms with van der Waals surface area (Å²) in [6.45, 7) is 2.35. The highest BCUT2D eigenvalue weighted by molar-refractivity contribution is 9.10. The van der Waals surface area contributed by atoms with Crippen LogP contribution in [0.3, 0.4) is 0 Å². The Labute approximate surface area is 258 Å². The predicted octanol–water partition coefficient (Wildman–Crippen LogP) is 6.00. The molecule has 3 aromatic rings. The number of amides is 2. The molecular weight excluding hydrogens is 614 g/mol. The maximum absolute atomic E-state index is 14.0. The number of nitrogens with zero attached hydrogens (tertiary/aromatic N) is 2. The van der Waals surface area contributed by atoms with Crippen LogP contribution in [0.25, 0.3) is 0 Å². The highest BCUT2D eigenvalue weighted by Crippen LogP contribution is 2.23. The average Bonchev–Trinajstić information content (AvgIpc) is 3.47. The molecule has 3 aromatic carbocycles. The summed E-state index contributed by atoms with van der Waals surface area (Å²) in [4.78, 5) is 29.5. The summed E-state index contributed by atoms with van der Waals surface area (Å²) in [5, 5.41) is 3.22. The fraction of sp³-hybridized carbons (Fsp3) is 0.394. The van der Waals surface area contributed by atoms with Gasteiger partial charge in [-0.25, -0.2) is 8.42 Å². The van der Waals surface area contributed by atoms with Gasteiger partial charge in [0.05, 0.1) is 11.9 Å². The van der Waals surface area contributed by atoms with Crippen LogP contribution < -0.4 is 9.62 Å². The molecule has 42 heavy (non-hydrogen) atoms. The number of hydrogen-bond acceptors (Lipinski definition) is 4. The van der Waals surface area contributed by atoms with E-state index in [9.17, 15) is 18.0 Å². The second kappa shape index (κ2) is 14.8. The zero-order valence-electron chi connectivity index (χ0n) is 24.3. The van der Waals surface area contributed by atoms with Gasteiger partial charge in [-0.3, -0.25) is 13.9 Å². The lowest BCUT2D eigenvalue weighted by Gasteiger charge is -2.33. The van der Waals surface area contributed by atoms with E-state index in [2.05, 4.69) is 21.2 Å². The zero-order chi connectivity index (χ0) is 30.1. The number of anilines is 1. The highest BCUT2D eigenvalue weighted by Gasteiger charge is 2.32. The fourth-order valence-electron chi connectivity index (χ4n) is 5.49. The van der Waals surface area contributed by atoms with Crippen LogP contribution in [0.1, 0.15) is 55.2 Å². The molecule has 2 amide bonds. The predicted molar refractivity (Wildman–Crippen MR) is 172 cm³/mol. The van der Waals surface area contributed by atoms with Gasteiger partial charge in [0.1, 0.15) is 6.04 Å². The first-order chi connectivity index (χ1) is 20.1. The molecule has 1 aliphatic carbocycles. The van der Waals surface area contributed by atoms with Crippen molar-refractivity contribution in [1.29, 1.82) is 0 Å². The van der Waals surface area contributed by atoms with E-state index in [0.29, 0.717) is 18.5 Å². The van der Waals surface area contributed by atoms with E-state index >= 15 is 0 Å². The Morgan fingerprint density at radius 2 is 1.64 bits per heavy atom. The fourth-order valence-corrected chi connectivity index (χ4v) is 6.72. The average molecular weight is 655 g/mol. The van der Waals surface area contributed by atoms with Crippen LogP contribution in [-0.4, -0.2) is 50.0 Å². The van der Waals surface area contributed by atoms with Gasteiger partial charge in [0.25, 0.3) is 0 Å². The van der Waals surface area contributed by atoms with Gasteiger partial charge in [-0.05, 0) is 67.1 Å². The van der Waals surface area contributed by atoms with Crippen LogP contribution in [0, 0.1) is 6.92 Å². The number of carbonyl (C=O) groups is 2. The summed E-state index contributed by atoms with van der Waals surface area (Å²) in [6.07, 6.45) is 6.08. The summed E-state index contributed by atoms with van der Waals surface area (Å²) in [5.74, 6) is -0.327. The topological polar surface area (TPSA) is 86.8 Å². The van der Waals surface area contributed by atoms with Crippen LogP contribution in [0.4, 0.5) is 5.69 Å². The Kier molecular flexibility index (Phi) is 11.2. The van der Waals surface area contributed by atoms with Gasteiger partial charge in [0, 0.05) is 36.4 Å². The molecule has 1 aliphatic rings. The number of hydrogen-bond donors (Lipinski definition) is 1. The molecule has 0 aliphatic heterocycles. The minimum absolute atomic E-state index is 0.108. The van der Waals surface area contributed by atoms with Crippen molar-refractivity contribution in [2.24, 2.45) is 0 Å². The van der Waals surface area contributed by atoms with Gasteiger partial charge in [-0.1, -0.05) is 83.4 Å². The minimum atomic E-state index is -3.55. The molecule has 0 unspecified atom stereocenters. The number of halogens is 1. The molecule has 224 valence electrons. The van der Waals surface area contributed by atoms with Crippen molar-refractivity contribution in [2.45, 2.75) is 70.5 Å². The molecule has 1 saturated carbocycles. The first kappa shape index (κ1) is 31.8. The number of carbonyl (C=O) groups excluding carboxylic acids is 2. The van der Waals surface area contributed by atoms with E-state index in [1.54, 1.807) is 11.0 Å². The first-order valence-electron chi connectivity index (χ1n) is 14.5. The van der Waals surface area contributed by atoms with Crippen molar-refractivity contribution in [2.75, 3.05) is 17.1 Å². The Morgan fingerprint density at radius 1 is 0.952 bits per heavy atom. The van der Waals surface area contributed by atoms with Crippen LogP contribution in [0.15, 0.2) is 83.3 Å². The molecule has 1 atom stereocenters. The number of benzene rings is 3. The van der Waals surface area contributed by atoms with Crippen molar-refractivity contribution in [3.05, 3.63) is 100 Å². The molecule has 0 bridgehead atoms. The van der Waals surface area contributed by atoms with Crippen molar-refractivity contribution in [3.63, 3.8) is 0 Å². The Bertz CT molecular complexity index is 1440. The Morgan fingerprint density at radius 3 is 2.29 bits per heavy atom. The van der Waals surface area contributed by atoms with E-state index in [1.807, 2.05) is 79.7 Å². The lowest BCUT2D eigenvalue weighted by Crippen LogP contribution is -2.52. The number of sulfonamides is 1. The van der Waals surface area contributed by atoms with E-state index in [1.165, 1.54) is 10.6 Å². The number of rotatable bonds is 13. The van der Waals surface area contributed by atoms with Gasteiger partial charge in [0.15, 0.2) is 0 Å². The van der Waals surface area contributed by atoms with Crippen LogP contribution in [-0.2, 0) is 32.6 Å². The summed E-state index contributed by atoms with van der Waals surface area (Å²) in [6, 6.07) is 24.3. The van der Waals surface area contributed by atoms with E-state index in [0.717, 1.165) is 46.8 Å². The molecule has 9 heteroatoms. The molecule has 4 rings (SSSR count). The van der Waals surface area contributed by atoms with Crippen LogP contribution in [0.2, 0.25) is 0 Å². The summed E-state index contributed by atoms with van der Waals surface area (Å²) < 4.78 is 27.6. The van der Waals surface area contributed by atoms with Gasteiger partial charge in [-0.15, -0.1) is 0 Å². The molecule has 1 fully saturated rings. The van der Waals surface area contributed by atoms with Crippen molar-refractivity contribution >= 4 is 43.5 Å². The molecule has 0 saturated heterocycles. The van der Waals surface area contributed by atoms with Gasteiger partial charge in [-0.2, -0.15) is 0 Å². The van der Waals surface area contributed by atoms with Gasteiger partial charge < -0.3 is 10.2 Å². The number of aryl methyl sites for hydroxylation is 1. The maximum Gasteiger partial charge on any atom is 0.243 e. The smallest absolute Gasteiger partial charge is 0.243 e. The summed E-state index contributed by atoms with van der Waals surface area (Å²) in [7, 11) is -3.55. The van der Waals surface area contributed by atoms with E-state index in [-0.39, 0.29) is 37.4 Å². The standard InChI is InChI=1S/C33H40BrN3O4S/c1-25-10-8-15-30(22-25)37(42(2,40)41)21-9-16-32(38)36(24-27-17-19-28(34)20-18-27)31(23-26-11-4-3-5-12-26)33(39)35-29-13-6-7-14-29/h3-5,8,10-12,15,17-20,22,29,31H,6-7,9,13-14,16,21,23-24H2,1-2H3,(H,35,39)/t31-/m1/s1. The van der Waals surface area contributed by atoms with Crippen LogP contribution >= 0.6 is 15.9 Å². The molecule has 0 spiro atoms. The highest BCUT2D eigenvalue weighted by atomic mass is 79.9. The third-order valence-corrected chi connectivity index (χ3v) is 9.40. The maximum atomic E-state index is 14.0. The second-order valence-electron chi connectivity index (χ2n) is 11.1. The Hall–Kier alpha value is -3.17. The normalized spacial score (nSPS) is 14.4. The zero-order valence-corrected chi connectivity index (χ0v) is 26.7. The SMILES string of the molecule is Cc1cccc(N(CCCC(=O)N(Cc2ccc(Br)cc2)[C@H](Cc2ccccc2)C(=O)NC2CCCC2)S(C)(=O)=O)c1. The quantitative estimate of drug-likeness (QED) is 0.245. The van der Waals surface area contributed by atoms with E-state index < -0.39 is 16.1 Å². The van der Waals surface area contributed by atoms with Crippen molar-refractivity contribution in [1.82, 2.24) is 10.2 Å². The van der Waals surface area contributed by atoms with E-state index in [4.69, 9.17) is 0 Å². The third-order valence-electron chi connectivity index (χ3n) is 7.68. The molecule has 0 radical (unpaired) electrons. The Balaban J connectivity index is 1.58. The molecule has 0 aromatic heterocycles. The van der Waals surface area contributed by atoms with Gasteiger partial charge >= 0.3 is 0 Å². The van der Waals surface area contributed by atoms with Gasteiger partial charge in [0.2, 0.25) is 21.8 Å². The second-order valence-corrected chi connectivity index (χ2v) is 13.9. The lowest BCUT2D eigenvalue weighted by atomic mass is 10.0. The summed E-state index contributed by atoms with van der Waals surface area (Å²) >= 11 is 3.47. The lowest BCUT2D eigenvalue weighted by molar-refractivity contribution is -0.141. The molecule has 1 N–H and O–H groups in total. The first-order valence-corrected chi connectivity index (χ1v) is 17.2. The van der Waals surface area contributed by atoms with Crippen LogP contribution in [0.5, 0.6) is 0 Å². The van der Waals surface area contributed by atoms with Crippen molar-refractivity contribution in [3.8, 4) is 0 Å². The largest absolute Gasteiger partial charge is 0.352 e. The third kappa shape index (κ3) is 9.16. The molecule has 7 nitrogen and oxygen atoms in total.